The van der Waals surface area contributed by atoms with E-state index in [4.69, 9.17) is 4.74 Å². The van der Waals surface area contributed by atoms with Crippen LogP contribution in [0, 0.1) is 5.92 Å². The number of amides is 3. The summed E-state index contributed by atoms with van der Waals surface area (Å²) in [6.07, 6.45) is 1.55. The smallest absolute Gasteiger partial charge is 0.408 e. The minimum absolute atomic E-state index is 0.108. The van der Waals surface area contributed by atoms with Gasteiger partial charge in [0.25, 0.3) is 0 Å². The number of hydrogen-bond donors (Lipinski definition) is 2. The molecular formula is C21H31N3O4. The lowest BCUT2D eigenvalue weighted by molar-refractivity contribution is -0.132. The molecule has 1 aromatic rings. The molecule has 0 atom stereocenters. The van der Waals surface area contributed by atoms with Gasteiger partial charge in [-0.15, -0.1) is 0 Å². The molecule has 1 fully saturated rings. The fraction of sp³-hybridized carbons (Fsp3) is 0.571. The summed E-state index contributed by atoms with van der Waals surface area (Å²) in [5.41, 5.74) is 0.436. The molecule has 1 aromatic carbocycles. The molecule has 28 heavy (non-hydrogen) atoms. The SMILES string of the molecule is CC(C)(C)OC(=O)NCC(=O)NCC1CCN(C(=O)Cc2ccccc2)CC1. The second kappa shape index (κ2) is 10.1. The van der Waals surface area contributed by atoms with Crippen molar-refractivity contribution in [2.24, 2.45) is 5.92 Å². The van der Waals surface area contributed by atoms with Gasteiger partial charge in [0.2, 0.25) is 11.8 Å². The fourth-order valence-corrected chi connectivity index (χ4v) is 3.06. The quantitative estimate of drug-likeness (QED) is 0.780. The number of nitrogens with one attached hydrogen (secondary N) is 2. The Kier molecular flexibility index (Phi) is 7.84. The van der Waals surface area contributed by atoms with Crippen molar-refractivity contribution in [1.82, 2.24) is 15.5 Å². The monoisotopic (exact) mass is 389 g/mol. The Balaban J connectivity index is 1.62. The summed E-state index contributed by atoms with van der Waals surface area (Å²) in [6, 6.07) is 9.75. The maximum atomic E-state index is 12.4. The fourth-order valence-electron chi connectivity index (χ4n) is 3.06. The Morgan fingerprint density at radius 2 is 1.71 bits per heavy atom. The van der Waals surface area contributed by atoms with Crippen LogP contribution in [0.3, 0.4) is 0 Å². The lowest BCUT2D eigenvalue weighted by Gasteiger charge is -2.32. The van der Waals surface area contributed by atoms with Crippen LogP contribution in [0.4, 0.5) is 4.79 Å². The first-order valence-corrected chi connectivity index (χ1v) is 9.78. The average Bonchev–Trinajstić information content (AvgIpc) is 2.64. The number of hydrogen-bond acceptors (Lipinski definition) is 4. The van der Waals surface area contributed by atoms with Gasteiger partial charge in [0, 0.05) is 19.6 Å². The van der Waals surface area contributed by atoms with Crippen molar-refractivity contribution < 1.29 is 19.1 Å². The molecule has 0 saturated carbocycles. The molecule has 0 aromatic heterocycles. The van der Waals surface area contributed by atoms with Crippen LogP contribution in [-0.4, -0.2) is 54.6 Å². The van der Waals surface area contributed by atoms with Gasteiger partial charge in [-0.3, -0.25) is 9.59 Å². The largest absolute Gasteiger partial charge is 0.444 e. The topological polar surface area (TPSA) is 87.7 Å². The number of ether oxygens (including phenoxy) is 1. The van der Waals surface area contributed by atoms with E-state index in [-0.39, 0.29) is 18.4 Å². The Labute approximate surface area is 166 Å². The van der Waals surface area contributed by atoms with Crippen molar-refractivity contribution >= 4 is 17.9 Å². The average molecular weight is 389 g/mol. The van der Waals surface area contributed by atoms with Crippen molar-refractivity contribution in [2.45, 2.75) is 45.6 Å². The van der Waals surface area contributed by atoms with E-state index in [1.165, 1.54) is 0 Å². The van der Waals surface area contributed by atoms with Gasteiger partial charge in [0.15, 0.2) is 0 Å². The molecule has 0 spiro atoms. The maximum Gasteiger partial charge on any atom is 0.408 e. The first-order chi connectivity index (χ1) is 13.2. The molecule has 1 aliphatic heterocycles. The van der Waals surface area contributed by atoms with E-state index in [1.54, 1.807) is 20.8 Å². The molecular weight excluding hydrogens is 358 g/mol. The molecule has 0 bridgehead atoms. The Morgan fingerprint density at radius 3 is 2.32 bits per heavy atom. The number of alkyl carbamates (subject to hydrolysis) is 1. The lowest BCUT2D eigenvalue weighted by Crippen LogP contribution is -2.44. The molecule has 3 amide bonds. The molecule has 2 rings (SSSR count). The highest BCUT2D eigenvalue weighted by Gasteiger charge is 2.23. The number of piperidine rings is 1. The van der Waals surface area contributed by atoms with Crippen molar-refractivity contribution in [3.63, 3.8) is 0 Å². The van der Waals surface area contributed by atoms with Gasteiger partial charge in [0.05, 0.1) is 13.0 Å². The number of carbonyl (C=O) groups is 3. The first kappa shape index (κ1) is 21.7. The third-order valence-electron chi connectivity index (χ3n) is 4.55. The van der Waals surface area contributed by atoms with E-state index in [0.29, 0.717) is 32.0 Å². The van der Waals surface area contributed by atoms with Crippen LogP contribution in [0.5, 0.6) is 0 Å². The Hall–Kier alpha value is -2.57. The minimum Gasteiger partial charge on any atom is -0.444 e. The molecule has 1 heterocycles. The second-order valence-corrected chi connectivity index (χ2v) is 8.15. The van der Waals surface area contributed by atoms with Gasteiger partial charge in [-0.05, 0) is 45.1 Å². The van der Waals surface area contributed by atoms with Gasteiger partial charge in [-0.25, -0.2) is 4.79 Å². The molecule has 7 heteroatoms. The highest BCUT2D eigenvalue weighted by Crippen LogP contribution is 2.17. The third kappa shape index (κ3) is 7.98. The normalized spacial score (nSPS) is 15.0. The molecule has 154 valence electrons. The Bertz CT molecular complexity index is 662. The van der Waals surface area contributed by atoms with Crippen LogP contribution in [-0.2, 0) is 20.7 Å². The molecule has 1 aliphatic rings. The van der Waals surface area contributed by atoms with Crippen molar-refractivity contribution in [3.8, 4) is 0 Å². The number of rotatable bonds is 6. The van der Waals surface area contributed by atoms with E-state index < -0.39 is 11.7 Å². The van der Waals surface area contributed by atoms with Crippen LogP contribution >= 0.6 is 0 Å². The highest BCUT2D eigenvalue weighted by atomic mass is 16.6. The van der Waals surface area contributed by atoms with Gasteiger partial charge in [-0.1, -0.05) is 30.3 Å². The molecule has 2 N–H and O–H groups in total. The van der Waals surface area contributed by atoms with E-state index in [9.17, 15) is 14.4 Å². The third-order valence-corrected chi connectivity index (χ3v) is 4.55. The van der Waals surface area contributed by atoms with Crippen LogP contribution in [0.1, 0.15) is 39.2 Å². The predicted molar refractivity (Wildman–Crippen MR) is 107 cm³/mol. The van der Waals surface area contributed by atoms with E-state index >= 15 is 0 Å². The molecule has 0 radical (unpaired) electrons. The summed E-state index contributed by atoms with van der Waals surface area (Å²) in [6.45, 7) is 7.17. The number of likely N-dealkylation sites (tertiary alicyclic amines) is 1. The van der Waals surface area contributed by atoms with Crippen molar-refractivity contribution in [3.05, 3.63) is 35.9 Å². The number of benzene rings is 1. The molecule has 0 unspecified atom stereocenters. The summed E-state index contributed by atoms with van der Waals surface area (Å²) in [5.74, 6) is 0.245. The number of carbonyl (C=O) groups excluding carboxylic acids is 3. The minimum atomic E-state index is -0.604. The van der Waals surface area contributed by atoms with Crippen molar-refractivity contribution in [1.29, 1.82) is 0 Å². The zero-order valence-electron chi connectivity index (χ0n) is 17.0. The standard InChI is InChI=1S/C21H31N3O4/c1-21(2,3)28-20(27)23-15-18(25)22-14-17-9-11-24(12-10-17)19(26)13-16-7-5-4-6-8-16/h4-8,17H,9-15H2,1-3H3,(H,22,25)(H,23,27). The maximum absolute atomic E-state index is 12.4. The van der Waals surface area contributed by atoms with E-state index in [2.05, 4.69) is 10.6 Å². The first-order valence-electron chi connectivity index (χ1n) is 9.78. The molecule has 0 aliphatic carbocycles. The highest BCUT2D eigenvalue weighted by molar-refractivity contribution is 5.82. The number of nitrogens with zero attached hydrogens (tertiary/aromatic N) is 1. The molecule has 1 saturated heterocycles. The van der Waals surface area contributed by atoms with E-state index in [0.717, 1.165) is 18.4 Å². The summed E-state index contributed by atoms with van der Waals surface area (Å²) in [4.78, 5) is 37.7. The summed E-state index contributed by atoms with van der Waals surface area (Å²) in [7, 11) is 0. The lowest BCUT2D eigenvalue weighted by atomic mass is 9.96. The zero-order chi connectivity index (χ0) is 20.6. The van der Waals surface area contributed by atoms with Crippen LogP contribution in [0.25, 0.3) is 0 Å². The van der Waals surface area contributed by atoms with Gasteiger partial charge in [0.1, 0.15) is 5.60 Å². The van der Waals surface area contributed by atoms with E-state index in [1.807, 2.05) is 35.2 Å². The Morgan fingerprint density at radius 1 is 1.07 bits per heavy atom. The van der Waals surface area contributed by atoms with Gasteiger partial charge in [-0.2, -0.15) is 0 Å². The summed E-state index contributed by atoms with van der Waals surface area (Å²) in [5, 5.41) is 5.29. The van der Waals surface area contributed by atoms with Crippen LogP contribution in [0.15, 0.2) is 30.3 Å². The zero-order valence-corrected chi connectivity index (χ0v) is 17.0. The van der Waals surface area contributed by atoms with Gasteiger partial charge >= 0.3 is 6.09 Å². The summed E-state index contributed by atoms with van der Waals surface area (Å²) >= 11 is 0. The summed E-state index contributed by atoms with van der Waals surface area (Å²) < 4.78 is 5.09. The second-order valence-electron chi connectivity index (χ2n) is 8.15. The molecule has 7 nitrogen and oxygen atoms in total. The van der Waals surface area contributed by atoms with Crippen LogP contribution in [0.2, 0.25) is 0 Å². The van der Waals surface area contributed by atoms with Crippen molar-refractivity contribution in [2.75, 3.05) is 26.2 Å². The predicted octanol–water partition coefficient (Wildman–Crippen LogP) is 2.11. The van der Waals surface area contributed by atoms with Crippen LogP contribution < -0.4 is 10.6 Å². The van der Waals surface area contributed by atoms with Gasteiger partial charge < -0.3 is 20.3 Å².